The fraction of sp³-hybridized carbons (Fsp3) is 0.391. The zero-order valence-corrected chi connectivity index (χ0v) is 19.7. The number of amides is 1. The minimum atomic E-state index is -3.64. The lowest BCUT2D eigenvalue weighted by molar-refractivity contribution is -0.148. The number of aryl methyl sites for hydroxylation is 1. The van der Waals surface area contributed by atoms with Crippen LogP contribution in [-0.2, 0) is 29.1 Å². The molecule has 0 radical (unpaired) electrons. The van der Waals surface area contributed by atoms with E-state index in [1.807, 2.05) is 0 Å². The zero-order valence-electron chi connectivity index (χ0n) is 18.9. The summed E-state index contributed by atoms with van der Waals surface area (Å²) in [7, 11) is -2.38. The molecule has 2 heterocycles. The predicted molar refractivity (Wildman–Crippen MR) is 121 cm³/mol. The molecule has 1 amide bonds. The van der Waals surface area contributed by atoms with Crippen molar-refractivity contribution in [3.8, 4) is 11.5 Å². The summed E-state index contributed by atoms with van der Waals surface area (Å²) in [6.07, 6.45) is -0.949. The monoisotopic (exact) mass is 490 g/mol. The van der Waals surface area contributed by atoms with Crippen molar-refractivity contribution in [3.05, 3.63) is 48.0 Å². The number of morpholine rings is 1. The van der Waals surface area contributed by atoms with Crippen molar-refractivity contribution in [2.45, 2.75) is 17.9 Å². The van der Waals surface area contributed by atoms with Gasteiger partial charge in [-0.25, -0.2) is 13.2 Å². The molecule has 4 rings (SSSR count). The molecule has 0 aromatic heterocycles. The molecule has 1 unspecified atom stereocenters. The number of ether oxygens (including phenoxy) is 4. The number of carbonyl (C=O) groups is 2. The Balaban J connectivity index is 1.47. The number of methoxy groups -OCH3 is 1. The molecule has 34 heavy (non-hydrogen) atoms. The van der Waals surface area contributed by atoms with Gasteiger partial charge in [-0.2, -0.15) is 4.31 Å². The van der Waals surface area contributed by atoms with E-state index in [0.29, 0.717) is 49.1 Å². The third-order valence-electron chi connectivity index (χ3n) is 5.64. The predicted octanol–water partition coefficient (Wildman–Crippen LogP) is 1.36. The number of carbonyl (C=O) groups excluding carboxylic acids is 2. The molecule has 0 N–H and O–H groups in total. The lowest BCUT2D eigenvalue weighted by Crippen LogP contribution is -2.48. The van der Waals surface area contributed by atoms with E-state index in [4.69, 9.17) is 18.9 Å². The summed E-state index contributed by atoms with van der Waals surface area (Å²) in [5, 5.41) is 0. The molecule has 182 valence electrons. The summed E-state index contributed by atoms with van der Waals surface area (Å²) in [5.41, 5.74) is 1.11. The van der Waals surface area contributed by atoms with Gasteiger partial charge in [0.25, 0.3) is 5.91 Å². The Kier molecular flexibility index (Phi) is 7.05. The first-order valence-corrected chi connectivity index (χ1v) is 12.2. The molecule has 1 atom stereocenters. The van der Waals surface area contributed by atoms with Crippen molar-refractivity contribution in [2.75, 3.05) is 51.5 Å². The van der Waals surface area contributed by atoms with Crippen LogP contribution in [0.15, 0.2) is 47.4 Å². The molecule has 11 heteroatoms. The summed E-state index contributed by atoms with van der Waals surface area (Å²) in [6.45, 7) is 2.74. The Hall–Kier alpha value is -3.15. The number of para-hydroxylation sites is 2. The van der Waals surface area contributed by atoms with E-state index >= 15 is 0 Å². The summed E-state index contributed by atoms with van der Waals surface area (Å²) < 4.78 is 48.5. The van der Waals surface area contributed by atoms with E-state index in [-0.39, 0.29) is 24.0 Å². The van der Waals surface area contributed by atoms with E-state index in [0.717, 1.165) is 0 Å². The van der Waals surface area contributed by atoms with Gasteiger partial charge in [-0.1, -0.05) is 12.1 Å². The first-order valence-electron chi connectivity index (χ1n) is 10.8. The van der Waals surface area contributed by atoms with Crippen molar-refractivity contribution < 1.29 is 37.0 Å². The van der Waals surface area contributed by atoms with E-state index in [1.165, 1.54) is 28.4 Å². The van der Waals surface area contributed by atoms with Crippen molar-refractivity contribution >= 4 is 27.6 Å². The molecule has 1 saturated heterocycles. The molecule has 0 saturated carbocycles. The molecule has 0 aliphatic carbocycles. The van der Waals surface area contributed by atoms with Crippen LogP contribution in [0, 0.1) is 6.92 Å². The van der Waals surface area contributed by atoms with Gasteiger partial charge in [0.1, 0.15) is 11.5 Å². The Morgan fingerprint density at radius 1 is 1.12 bits per heavy atom. The van der Waals surface area contributed by atoms with Gasteiger partial charge in [0.15, 0.2) is 6.61 Å². The quantitative estimate of drug-likeness (QED) is 0.558. The van der Waals surface area contributed by atoms with Crippen LogP contribution in [0.2, 0.25) is 0 Å². The fourth-order valence-electron chi connectivity index (χ4n) is 3.82. The zero-order chi connectivity index (χ0) is 24.3. The number of hydrogen-bond acceptors (Lipinski definition) is 8. The highest BCUT2D eigenvalue weighted by molar-refractivity contribution is 7.89. The molecule has 10 nitrogen and oxygen atoms in total. The van der Waals surface area contributed by atoms with E-state index < -0.39 is 22.1 Å². The average Bonchev–Trinajstić information content (AvgIpc) is 2.87. The highest BCUT2D eigenvalue weighted by Crippen LogP contribution is 2.33. The molecule has 0 bridgehead atoms. The molecular formula is C23H26N2O8S. The fourth-order valence-corrected chi connectivity index (χ4v) is 5.32. The number of sulfonamides is 1. The van der Waals surface area contributed by atoms with Crippen LogP contribution < -0.4 is 14.4 Å². The van der Waals surface area contributed by atoms with E-state index in [1.54, 1.807) is 37.3 Å². The standard InChI is InChI=1S/C23H26N2O8S/c1-16-13-17(34(28,29)24-9-11-31-12-10-24)7-8-19(16)32-15-22(26)25-14-21(23(27)30-2)33-20-6-4-3-5-18(20)25/h3-8,13,21H,9-12,14-15H2,1-2H3. The topological polar surface area (TPSA) is 112 Å². The minimum absolute atomic E-state index is 0.0123. The van der Waals surface area contributed by atoms with Crippen LogP contribution in [-0.4, -0.2) is 77.3 Å². The Labute approximate surface area is 198 Å². The smallest absolute Gasteiger partial charge is 0.348 e. The van der Waals surface area contributed by atoms with Gasteiger partial charge in [0.05, 0.1) is 37.5 Å². The summed E-state index contributed by atoms with van der Waals surface area (Å²) in [4.78, 5) is 26.6. The van der Waals surface area contributed by atoms with Gasteiger partial charge < -0.3 is 23.8 Å². The lowest BCUT2D eigenvalue weighted by atomic mass is 10.2. The van der Waals surface area contributed by atoms with Crippen LogP contribution >= 0.6 is 0 Å². The summed E-state index contributed by atoms with van der Waals surface area (Å²) >= 11 is 0. The van der Waals surface area contributed by atoms with Gasteiger partial charge in [0.2, 0.25) is 16.1 Å². The van der Waals surface area contributed by atoms with Crippen LogP contribution in [0.3, 0.4) is 0 Å². The average molecular weight is 491 g/mol. The number of fused-ring (bicyclic) bond motifs is 1. The van der Waals surface area contributed by atoms with Crippen LogP contribution in [0.4, 0.5) is 5.69 Å². The van der Waals surface area contributed by atoms with E-state index in [9.17, 15) is 18.0 Å². The van der Waals surface area contributed by atoms with Crippen LogP contribution in [0.1, 0.15) is 5.56 Å². The molecule has 2 aliphatic heterocycles. The maximum Gasteiger partial charge on any atom is 0.348 e. The van der Waals surface area contributed by atoms with Gasteiger partial charge >= 0.3 is 5.97 Å². The number of rotatable bonds is 6. The van der Waals surface area contributed by atoms with Gasteiger partial charge in [0, 0.05) is 13.1 Å². The summed E-state index contributed by atoms with van der Waals surface area (Å²) in [6, 6.07) is 11.4. The van der Waals surface area contributed by atoms with Crippen molar-refractivity contribution in [3.63, 3.8) is 0 Å². The Bertz CT molecular complexity index is 1180. The maximum atomic E-state index is 13.0. The first kappa shape index (κ1) is 24.0. The number of nitrogens with zero attached hydrogens (tertiary/aromatic N) is 2. The van der Waals surface area contributed by atoms with Gasteiger partial charge in [-0.15, -0.1) is 0 Å². The molecule has 0 spiro atoms. The lowest BCUT2D eigenvalue weighted by Gasteiger charge is -2.33. The maximum absolute atomic E-state index is 13.0. The number of anilines is 1. The van der Waals surface area contributed by atoms with E-state index in [2.05, 4.69) is 0 Å². The SMILES string of the molecule is COC(=O)C1CN(C(=O)COc2ccc(S(=O)(=O)N3CCOCC3)cc2C)c2ccccc2O1. The minimum Gasteiger partial charge on any atom is -0.483 e. The Morgan fingerprint density at radius 2 is 1.85 bits per heavy atom. The normalized spacial score (nSPS) is 18.5. The second-order valence-corrected chi connectivity index (χ2v) is 9.77. The van der Waals surface area contributed by atoms with Crippen LogP contribution in [0.25, 0.3) is 0 Å². The second-order valence-electron chi connectivity index (χ2n) is 7.83. The molecule has 2 aromatic rings. The molecule has 2 aromatic carbocycles. The molecule has 2 aliphatic rings. The highest BCUT2D eigenvalue weighted by Gasteiger charge is 2.34. The third-order valence-corrected chi connectivity index (χ3v) is 7.54. The van der Waals surface area contributed by atoms with Gasteiger partial charge in [-0.3, -0.25) is 4.79 Å². The molecule has 1 fully saturated rings. The highest BCUT2D eigenvalue weighted by atomic mass is 32.2. The first-order chi connectivity index (χ1) is 16.3. The van der Waals surface area contributed by atoms with Crippen molar-refractivity contribution in [1.29, 1.82) is 0 Å². The largest absolute Gasteiger partial charge is 0.483 e. The number of hydrogen-bond donors (Lipinski definition) is 0. The van der Waals surface area contributed by atoms with Crippen molar-refractivity contribution in [2.24, 2.45) is 0 Å². The van der Waals surface area contributed by atoms with Crippen LogP contribution in [0.5, 0.6) is 11.5 Å². The molecular weight excluding hydrogens is 464 g/mol. The van der Waals surface area contributed by atoms with Gasteiger partial charge in [-0.05, 0) is 42.8 Å². The van der Waals surface area contributed by atoms with Crippen molar-refractivity contribution in [1.82, 2.24) is 4.31 Å². The summed E-state index contributed by atoms with van der Waals surface area (Å²) in [5.74, 6) is -0.179. The second kappa shape index (κ2) is 10.00. The number of benzene rings is 2. The third kappa shape index (κ3) is 4.86. The Morgan fingerprint density at radius 3 is 2.56 bits per heavy atom. The number of esters is 1.